The first-order chi connectivity index (χ1) is 4.61. The minimum absolute atomic E-state index is 0.727. The van der Waals surface area contributed by atoms with Crippen molar-refractivity contribution in [2.24, 2.45) is 0 Å². The lowest BCUT2D eigenvalue weighted by Crippen LogP contribution is -1.78. The maximum atomic E-state index is 5.83. The molecule has 3 heteroatoms. The van der Waals surface area contributed by atoms with E-state index in [9.17, 15) is 0 Å². The molecule has 0 radical (unpaired) electrons. The molecule has 0 spiro atoms. The summed E-state index contributed by atoms with van der Waals surface area (Å²) in [6, 6.07) is 3.80. The van der Waals surface area contributed by atoms with Crippen molar-refractivity contribution in [1.82, 2.24) is 0 Å². The van der Waals surface area contributed by atoms with E-state index in [0.717, 1.165) is 19.2 Å². The van der Waals surface area contributed by atoms with Crippen LogP contribution in [0.2, 0.25) is 10.0 Å². The summed E-state index contributed by atoms with van der Waals surface area (Å²) in [5.41, 5.74) is 1.09. The molecule has 1 rings (SSSR count). The quantitative estimate of drug-likeness (QED) is 0.501. The minimum atomic E-state index is 0.727. The Bertz CT molecular complexity index is 235. The van der Waals surface area contributed by atoms with Crippen molar-refractivity contribution in [2.75, 3.05) is 0 Å². The Morgan fingerprint density at radius 2 is 1.60 bits per heavy atom. The zero-order valence-corrected chi connectivity index (χ0v) is 8.96. The molecule has 0 nitrogen and oxygen atoms in total. The van der Waals surface area contributed by atoms with E-state index in [-0.39, 0.29) is 0 Å². The monoisotopic (exact) mass is 286 g/mol. The molecule has 1 aromatic rings. The maximum absolute atomic E-state index is 5.83. The maximum Gasteiger partial charge on any atom is 0.0557 e. The van der Waals surface area contributed by atoms with Gasteiger partial charge < -0.3 is 0 Å². The summed E-state index contributed by atoms with van der Waals surface area (Å²) in [5.74, 6) is 0. The standard InChI is InChI=1S/C7H5Cl2I/c1-4-2-5(8)7(10)6(9)3-4/h2-3H,1H3. The number of aryl methyl sites for hydroxylation is 1. The second-order valence-corrected chi connectivity index (χ2v) is 3.94. The summed E-state index contributed by atoms with van der Waals surface area (Å²) in [4.78, 5) is 0. The van der Waals surface area contributed by atoms with Crippen molar-refractivity contribution in [3.05, 3.63) is 31.3 Å². The van der Waals surface area contributed by atoms with Crippen LogP contribution in [0.4, 0.5) is 0 Å². The van der Waals surface area contributed by atoms with Crippen LogP contribution in [0.5, 0.6) is 0 Å². The molecule has 0 bridgehead atoms. The van der Waals surface area contributed by atoms with Crippen LogP contribution in [0.3, 0.4) is 0 Å². The molecule has 0 amide bonds. The molecular formula is C7H5Cl2I. The van der Waals surface area contributed by atoms with Gasteiger partial charge >= 0.3 is 0 Å². The first-order valence-electron chi connectivity index (χ1n) is 2.72. The second-order valence-electron chi connectivity index (χ2n) is 2.04. The normalized spacial score (nSPS) is 10.0. The molecule has 0 heterocycles. The Morgan fingerprint density at radius 1 is 1.20 bits per heavy atom. The molecule has 0 N–H and O–H groups in total. The molecule has 54 valence electrons. The Balaban J connectivity index is 3.31. The fourth-order valence-electron chi connectivity index (χ4n) is 0.682. The zero-order chi connectivity index (χ0) is 7.72. The van der Waals surface area contributed by atoms with E-state index in [4.69, 9.17) is 23.2 Å². The Labute approximate surface area is 83.7 Å². The van der Waals surface area contributed by atoms with Gasteiger partial charge in [-0.3, -0.25) is 0 Å². The lowest BCUT2D eigenvalue weighted by atomic mass is 10.2. The van der Waals surface area contributed by atoms with Gasteiger partial charge in [0.2, 0.25) is 0 Å². The third kappa shape index (κ3) is 1.77. The molecule has 0 aliphatic rings. The van der Waals surface area contributed by atoms with Crippen molar-refractivity contribution in [3.63, 3.8) is 0 Å². The average molecular weight is 287 g/mol. The van der Waals surface area contributed by atoms with Gasteiger partial charge in [0, 0.05) is 0 Å². The molecule has 0 saturated heterocycles. The van der Waals surface area contributed by atoms with E-state index in [1.807, 2.05) is 19.1 Å². The Hall–Kier alpha value is 0.530. The van der Waals surface area contributed by atoms with Crippen LogP contribution in [0.25, 0.3) is 0 Å². The van der Waals surface area contributed by atoms with Crippen molar-refractivity contribution >= 4 is 45.8 Å². The van der Waals surface area contributed by atoms with Crippen molar-refractivity contribution < 1.29 is 0 Å². The number of benzene rings is 1. The summed E-state index contributed by atoms with van der Waals surface area (Å²) in [5, 5.41) is 1.45. The van der Waals surface area contributed by atoms with Gasteiger partial charge in [-0.2, -0.15) is 0 Å². The van der Waals surface area contributed by atoms with Crippen LogP contribution in [0.15, 0.2) is 12.1 Å². The molecule has 0 atom stereocenters. The van der Waals surface area contributed by atoms with Crippen LogP contribution in [0, 0.1) is 10.5 Å². The molecule has 0 aliphatic heterocycles. The highest BCUT2D eigenvalue weighted by molar-refractivity contribution is 14.1. The van der Waals surface area contributed by atoms with Gasteiger partial charge in [-0.05, 0) is 47.2 Å². The Kier molecular flexibility index (Phi) is 2.83. The van der Waals surface area contributed by atoms with Gasteiger partial charge in [-0.15, -0.1) is 0 Å². The van der Waals surface area contributed by atoms with E-state index < -0.39 is 0 Å². The lowest BCUT2D eigenvalue weighted by Gasteiger charge is -1.99. The Morgan fingerprint density at radius 3 is 2.00 bits per heavy atom. The predicted octanol–water partition coefficient (Wildman–Crippen LogP) is 3.91. The summed E-state index contributed by atoms with van der Waals surface area (Å²) < 4.78 is 0.923. The molecule has 0 saturated carbocycles. The summed E-state index contributed by atoms with van der Waals surface area (Å²) in [6.07, 6.45) is 0. The van der Waals surface area contributed by atoms with Crippen molar-refractivity contribution in [3.8, 4) is 0 Å². The van der Waals surface area contributed by atoms with E-state index in [2.05, 4.69) is 22.6 Å². The molecular weight excluding hydrogens is 282 g/mol. The van der Waals surface area contributed by atoms with Crippen LogP contribution < -0.4 is 0 Å². The predicted molar refractivity (Wildman–Crippen MR) is 53.9 cm³/mol. The molecule has 0 fully saturated rings. The summed E-state index contributed by atoms with van der Waals surface area (Å²) >= 11 is 13.8. The molecule has 0 aliphatic carbocycles. The van der Waals surface area contributed by atoms with E-state index >= 15 is 0 Å². The average Bonchev–Trinajstić information content (AvgIpc) is 1.82. The fraction of sp³-hybridized carbons (Fsp3) is 0.143. The fourth-order valence-corrected chi connectivity index (χ4v) is 1.59. The smallest absolute Gasteiger partial charge is 0.0557 e. The zero-order valence-electron chi connectivity index (χ0n) is 5.29. The summed E-state index contributed by atoms with van der Waals surface area (Å²) in [7, 11) is 0. The SMILES string of the molecule is Cc1cc(Cl)c(I)c(Cl)c1. The van der Waals surface area contributed by atoms with Gasteiger partial charge in [0.25, 0.3) is 0 Å². The summed E-state index contributed by atoms with van der Waals surface area (Å²) in [6.45, 7) is 1.97. The van der Waals surface area contributed by atoms with Crippen LogP contribution >= 0.6 is 45.8 Å². The van der Waals surface area contributed by atoms with Gasteiger partial charge in [0.1, 0.15) is 0 Å². The van der Waals surface area contributed by atoms with Gasteiger partial charge in [0.15, 0.2) is 0 Å². The van der Waals surface area contributed by atoms with E-state index in [0.29, 0.717) is 0 Å². The topological polar surface area (TPSA) is 0 Å². The van der Waals surface area contributed by atoms with Gasteiger partial charge in [0.05, 0.1) is 13.6 Å². The highest BCUT2D eigenvalue weighted by Crippen LogP contribution is 2.27. The molecule has 1 aromatic carbocycles. The molecule has 0 unspecified atom stereocenters. The number of halogens is 3. The highest BCUT2D eigenvalue weighted by Gasteiger charge is 2.01. The van der Waals surface area contributed by atoms with Gasteiger partial charge in [-0.25, -0.2) is 0 Å². The minimum Gasteiger partial charge on any atom is -0.0831 e. The molecule has 10 heavy (non-hydrogen) atoms. The van der Waals surface area contributed by atoms with Crippen molar-refractivity contribution in [2.45, 2.75) is 6.92 Å². The first kappa shape index (κ1) is 8.62. The van der Waals surface area contributed by atoms with Gasteiger partial charge in [-0.1, -0.05) is 23.2 Å². The van der Waals surface area contributed by atoms with Crippen molar-refractivity contribution in [1.29, 1.82) is 0 Å². The third-order valence-corrected chi connectivity index (χ3v) is 3.52. The van der Waals surface area contributed by atoms with Crippen LogP contribution in [-0.4, -0.2) is 0 Å². The number of rotatable bonds is 0. The third-order valence-electron chi connectivity index (χ3n) is 1.13. The van der Waals surface area contributed by atoms with E-state index in [1.54, 1.807) is 0 Å². The highest BCUT2D eigenvalue weighted by atomic mass is 127. The number of hydrogen-bond donors (Lipinski definition) is 0. The van der Waals surface area contributed by atoms with E-state index in [1.165, 1.54) is 0 Å². The molecule has 0 aromatic heterocycles. The number of hydrogen-bond acceptors (Lipinski definition) is 0. The lowest BCUT2D eigenvalue weighted by molar-refractivity contribution is 1.46. The van der Waals surface area contributed by atoms with Crippen LogP contribution in [0.1, 0.15) is 5.56 Å². The second kappa shape index (κ2) is 3.28. The van der Waals surface area contributed by atoms with Crippen LogP contribution in [-0.2, 0) is 0 Å². The largest absolute Gasteiger partial charge is 0.0831 e. The first-order valence-corrected chi connectivity index (χ1v) is 4.56.